The molecule has 160 valence electrons. The van der Waals surface area contributed by atoms with Crippen molar-refractivity contribution in [1.29, 1.82) is 0 Å². The Bertz CT molecular complexity index is 950. The van der Waals surface area contributed by atoms with Gasteiger partial charge in [0, 0.05) is 18.5 Å². The van der Waals surface area contributed by atoms with Crippen molar-refractivity contribution in [2.24, 2.45) is 12.0 Å². The normalized spacial score (nSPS) is 12.6. The fourth-order valence-electron chi connectivity index (χ4n) is 2.87. The summed E-state index contributed by atoms with van der Waals surface area (Å²) in [5.74, 6) is 3.33. The van der Waals surface area contributed by atoms with Crippen LogP contribution in [0.25, 0.3) is 0 Å². The molecule has 0 saturated heterocycles. The number of nitrogens with one attached hydrogen (secondary N) is 2. The summed E-state index contributed by atoms with van der Waals surface area (Å²) >= 11 is 1.77. The van der Waals surface area contributed by atoms with E-state index in [4.69, 9.17) is 9.73 Å². The molecule has 8 heteroatoms. The van der Waals surface area contributed by atoms with Crippen LogP contribution in [0.5, 0.6) is 5.75 Å². The maximum atomic E-state index is 6.02. The number of guanidine groups is 1. The minimum Gasteiger partial charge on any atom is -0.489 e. The Kier molecular flexibility index (Phi) is 7.84. The number of ether oxygens (including phenoxy) is 1. The molecule has 0 spiro atoms. The molecular formula is C22H30N6OS. The van der Waals surface area contributed by atoms with Gasteiger partial charge in [-0.05, 0) is 56.3 Å². The van der Waals surface area contributed by atoms with E-state index >= 15 is 0 Å². The molecule has 1 aromatic carbocycles. The van der Waals surface area contributed by atoms with Gasteiger partial charge in [-0.1, -0.05) is 18.2 Å². The highest BCUT2D eigenvalue weighted by Gasteiger charge is 2.08. The molecular weight excluding hydrogens is 396 g/mol. The van der Waals surface area contributed by atoms with E-state index in [0.29, 0.717) is 13.1 Å². The van der Waals surface area contributed by atoms with Crippen molar-refractivity contribution < 1.29 is 4.74 Å². The number of nitrogens with zero attached hydrogens (tertiary/aromatic N) is 4. The summed E-state index contributed by atoms with van der Waals surface area (Å²) < 4.78 is 7.98. The molecule has 0 saturated carbocycles. The number of aliphatic imine (C=N–C) groups is 1. The van der Waals surface area contributed by atoms with Crippen LogP contribution in [0.3, 0.4) is 0 Å². The van der Waals surface area contributed by atoms with E-state index < -0.39 is 0 Å². The number of aromatic nitrogens is 3. The monoisotopic (exact) mass is 426 g/mol. The highest BCUT2D eigenvalue weighted by atomic mass is 32.1. The van der Waals surface area contributed by atoms with Crippen LogP contribution in [0.2, 0.25) is 0 Å². The van der Waals surface area contributed by atoms with Gasteiger partial charge in [-0.3, -0.25) is 0 Å². The molecule has 0 aliphatic rings. The lowest BCUT2D eigenvalue weighted by molar-refractivity contribution is 0.223. The molecule has 0 aliphatic heterocycles. The van der Waals surface area contributed by atoms with E-state index in [2.05, 4.69) is 51.3 Å². The number of aryl methyl sites for hydroxylation is 2. The first-order chi connectivity index (χ1) is 14.5. The van der Waals surface area contributed by atoms with Gasteiger partial charge >= 0.3 is 0 Å². The number of thiophene rings is 1. The predicted molar refractivity (Wildman–Crippen MR) is 122 cm³/mol. The Labute approximate surface area is 182 Å². The highest BCUT2D eigenvalue weighted by molar-refractivity contribution is 7.09. The number of hydrogen-bond acceptors (Lipinski definition) is 5. The Morgan fingerprint density at radius 2 is 2.07 bits per heavy atom. The second kappa shape index (κ2) is 10.8. The largest absolute Gasteiger partial charge is 0.489 e. The van der Waals surface area contributed by atoms with Crippen LogP contribution < -0.4 is 15.4 Å². The van der Waals surface area contributed by atoms with E-state index in [9.17, 15) is 0 Å². The van der Waals surface area contributed by atoms with Crippen molar-refractivity contribution in [3.8, 4) is 5.75 Å². The van der Waals surface area contributed by atoms with Crippen LogP contribution in [0.1, 0.15) is 29.0 Å². The molecule has 2 N–H and O–H groups in total. The molecule has 3 rings (SSSR count). The SMILES string of the molecule is Cc1cccc(OC(C)CNC(=NCc2nnc(C)n2C)NCCc2cccs2)c1. The summed E-state index contributed by atoms with van der Waals surface area (Å²) in [4.78, 5) is 6.05. The summed E-state index contributed by atoms with van der Waals surface area (Å²) in [5, 5.41) is 17.2. The topological polar surface area (TPSA) is 76.4 Å². The lowest BCUT2D eigenvalue weighted by Gasteiger charge is -2.18. The molecule has 3 aromatic rings. The van der Waals surface area contributed by atoms with Gasteiger partial charge in [-0.2, -0.15) is 0 Å². The van der Waals surface area contributed by atoms with E-state index in [1.54, 1.807) is 11.3 Å². The van der Waals surface area contributed by atoms with Crippen LogP contribution in [-0.4, -0.2) is 39.9 Å². The Balaban J connectivity index is 1.57. The quantitative estimate of drug-likeness (QED) is 0.406. The van der Waals surface area contributed by atoms with Crippen LogP contribution in [0.4, 0.5) is 0 Å². The minimum absolute atomic E-state index is 0.00633. The molecule has 0 bridgehead atoms. The van der Waals surface area contributed by atoms with Gasteiger partial charge in [0.25, 0.3) is 0 Å². The third-order valence-electron chi connectivity index (χ3n) is 4.69. The smallest absolute Gasteiger partial charge is 0.191 e. The first-order valence-electron chi connectivity index (χ1n) is 10.1. The van der Waals surface area contributed by atoms with Gasteiger partial charge in [0.05, 0.1) is 6.54 Å². The van der Waals surface area contributed by atoms with Gasteiger partial charge in [0.1, 0.15) is 24.2 Å². The second-order valence-electron chi connectivity index (χ2n) is 7.27. The second-order valence-corrected chi connectivity index (χ2v) is 8.30. The number of benzene rings is 1. The van der Waals surface area contributed by atoms with Crippen LogP contribution in [0.15, 0.2) is 46.8 Å². The average molecular weight is 427 g/mol. The Hall–Kier alpha value is -2.87. The van der Waals surface area contributed by atoms with Crippen molar-refractivity contribution in [2.75, 3.05) is 13.1 Å². The lowest BCUT2D eigenvalue weighted by atomic mass is 10.2. The summed E-state index contributed by atoms with van der Waals surface area (Å²) in [6, 6.07) is 12.3. The minimum atomic E-state index is -0.00633. The fraction of sp³-hybridized carbons (Fsp3) is 0.409. The Morgan fingerprint density at radius 3 is 2.77 bits per heavy atom. The first kappa shape index (κ1) is 21.8. The van der Waals surface area contributed by atoms with Crippen molar-refractivity contribution in [3.05, 3.63) is 63.9 Å². The van der Waals surface area contributed by atoms with E-state index in [1.165, 1.54) is 10.4 Å². The van der Waals surface area contributed by atoms with Gasteiger partial charge in [-0.15, -0.1) is 21.5 Å². The highest BCUT2D eigenvalue weighted by Crippen LogP contribution is 2.14. The Morgan fingerprint density at radius 1 is 1.20 bits per heavy atom. The maximum absolute atomic E-state index is 6.02. The number of rotatable bonds is 9. The van der Waals surface area contributed by atoms with Gasteiger partial charge < -0.3 is 19.9 Å². The van der Waals surface area contributed by atoms with Crippen molar-refractivity contribution in [2.45, 2.75) is 39.8 Å². The molecule has 0 radical (unpaired) electrons. The van der Waals surface area contributed by atoms with E-state index in [1.807, 2.05) is 43.7 Å². The third kappa shape index (κ3) is 6.59. The van der Waals surface area contributed by atoms with Crippen LogP contribution in [-0.2, 0) is 20.0 Å². The zero-order chi connectivity index (χ0) is 21.3. The standard InChI is InChI=1S/C22H30N6OS/c1-16-7-5-8-19(13-16)29-17(2)14-24-22(23-11-10-20-9-6-12-30-20)25-15-21-27-26-18(3)28(21)4/h5-9,12-13,17H,10-11,14-15H2,1-4H3,(H2,23,24,25). The third-order valence-corrected chi connectivity index (χ3v) is 5.63. The first-order valence-corrected chi connectivity index (χ1v) is 11.0. The van der Waals surface area contributed by atoms with Crippen LogP contribution in [0, 0.1) is 13.8 Å². The maximum Gasteiger partial charge on any atom is 0.191 e. The van der Waals surface area contributed by atoms with Crippen LogP contribution >= 0.6 is 11.3 Å². The summed E-state index contributed by atoms with van der Waals surface area (Å²) in [7, 11) is 1.95. The summed E-state index contributed by atoms with van der Waals surface area (Å²) in [6.07, 6.45) is 0.949. The fourth-order valence-corrected chi connectivity index (χ4v) is 3.58. The zero-order valence-corrected chi connectivity index (χ0v) is 18.9. The van der Waals surface area contributed by atoms with Gasteiger partial charge in [-0.25, -0.2) is 4.99 Å². The molecule has 2 heterocycles. The van der Waals surface area contributed by atoms with E-state index in [0.717, 1.165) is 36.3 Å². The van der Waals surface area contributed by atoms with E-state index in [-0.39, 0.29) is 6.10 Å². The summed E-state index contributed by atoms with van der Waals surface area (Å²) in [6.45, 7) is 7.94. The average Bonchev–Trinajstić information content (AvgIpc) is 3.34. The zero-order valence-electron chi connectivity index (χ0n) is 18.1. The van der Waals surface area contributed by atoms with Gasteiger partial charge in [0.2, 0.25) is 0 Å². The molecule has 0 fully saturated rings. The summed E-state index contributed by atoms with van der Waals surface area (Å²) in [5.41, 5.74) is 1.18. The molecule has 7 nitrogen and oxygen atoms in total. The molecule has 0 amide bonds. The predicted octanol–water partition coefficient (Wildman–Crippen LogP) is 3.24. The van der Waals surface area contributed by atoms with Gasteiger partial charge in [0.15, 0.2) is 11.8 Å². The number of hydrogen-bond donors (Lipinski definition) is 2. The lowest BCUT2D eigenvalue weighted by Crippen LogP contribution is -2.42. The molecule has 0 aliphatic carbocycles. The molecule has 2 aromatic heterocycles. The molecule has 1 unspecified atom stereocenters. The molecule has 30 heavy (non-hydrogen) atoms. The van der Waals surface area contributed by atoms with Crippen molar-refractivity contribution in [3.63, 3.8) is 0 Å². The molecule has 1 atom stereocenters. The van der Waals surface area contributed by atoms with Crippen molar-refractivity contribution in [1.82, 2.24) is 25.4 Å². The van der Waals surface area contributed by atoms with Crippen molar-refractivity contribution >= 4 is 17.3 Å².